The van der Waals surface area contributed by atoms with E-state index in [4.69, 9.17) is 0 Å². The normalized spacial score (nSPS) is 16.8. The van der Waals surface area contributed by atoms with Crippen molar-refractivity contribution in [1.29, 1.82) is 0 Å². The van der Waals surface area contributed by atoms with Crippen molar-refractivity contribution in [3.8, 4) is 0 Å². The van der Waals surface area contributed by atoms with Gasteiger partial charge in [-0.05, 0) is 20.3 Å². The number of hydrogen-bond donors (Lipinski definition) is 0. The van der Waals surface area contributed by atoms with Gasteiger partial charge < -0.3 is 0 Å². The molecule has 0 aromatic carbocycles. The first-order chi connectivity index (χ1) is 3.29. The Morgan fingerprint density at radius 2 is 1.50 bits per heavy atom. The lowest BCUT2D eigenvalue weighted by atomic mass is 10.2. The van der Waals surface area contributed by atoms with Crippen LogP contribution in [0.5, 0.6) is 0 Å². The van der Waals surface area contributed by atoms with Gasteiger partial charge in [0.1, 0.15) is 0 Å². The van der Waals surface area contributed by atoms with Crippen LogP contribution in [0.2, 0.25) is 0 Å². The molecule has 1 aliphatic rings. The maximum Gasteiger partial charge on any atom is -0.0108 e. The third-order valence-electron chi connectivity index (χ3n) is 1.21. The van der Waals surface area contributed by atoms with E-state index in [1.54, 1.807) is 0 Å². The first-order valence-electron chi connectivity index (χ1n) is 2.62. The minimum absolute atomic E-state index is 0. The van der Waals surface area contributed by atoms with Crippen LogP contribution in [0.3, 0.4) is 0 Å². The third-order valence-corrected chi connectivity index (χ3v) is 1.21. The molecule has 0 aliphatic heterocycles. The van der Waals surface area contributed by atoms with E-state index >= 15 is 0 Å². The Hall–Kier alpha value is -0.520. The van der Waals surface area contributed by atoms with Gasteiger partial charge in [0.05, 0.1) is 0 Å². The van der Waals surface area contributed by atoms with E-state index in [0.29, 0.717) is 0 Å². The molecule has 0 aromatic rings. The van der Waals surface area contributed by atoms with Crippen LogP contribution in [0, 0.1) is 0 Å². The van der Waals surface area contributed by atoms with Crippen LogP contribution in [-0.2, 0) is 0 Å². The van der Waals surface area contributed by atoms with E-state index in [9.17, 15) is 0 Å². The van der Waals surface area contributed by atoms with Crippen molar-refractivity contribution in [2.45, 2.75) is 27.7 Å². The number of allylic oxidation sites excluding steroid dienone is 4. The zero-order valence-electron chi connectivity index (χ0n) is 4.86. The quantitative estimate of drug-likeness (QED) is 0.449. The van der Waals surface area contributed by atoms with Gasteiger partial charge in [0.25, 0.3) is 0 Å². The molecule has 1 aliphatic carbocycles. The summed E-state index contributed by atoms with van der Waals surface area (Å²) < 4.78 is 0. The van der Waals surface area contributed by atoms with Crippen LogP contribution in [0.4, 0.5) is 0 Å². The minimum Gasteiger partial charge on any atom is -0.0776 e. The number of rotatable bonds is 0. The summed E-state index contributed by atoms with van der Waals surface area (Å²) in [5.74, 6) is 0. The minimum atomic E-state index is 0. The van der Waals surface area contributed by atoms with Crippen molar-refractivity contribution in [2.75, 3.05) is 0 Å². The molecule has 0 radical (unpaired) electrons. The summed E-state index contributed by atoms with van der Waals surface area (Å²) >= 11 is 0. The van der Waals surface area contributed by atoms with Gasteiger partial charge in [-0.2, -0.15) is 0 Å². The highest BCUT2D eigenvalue weighted by Crippen LogP contribution is 2.15. The molecule has 0 fully saturated rings. The van der Waals surface area contributed by atoms with Gasteiger partial charge in [-0.1, -0.05) is 30.7 Å². The van der Waals surface area contributed by atoms with E-state index in [1.165, 1.54) is 17.6 Å². The Balaban J connectivity index is 0.000000490. The molecule has 0 unspecified atom stereocenters. The van der Waals surface area contributed by atoms with Crippen molar-refractivity contribution in [2.24, 2.45) is 0 Å². The first-order valence-corrected chi connectivity index (χ1v) is 2.62. The van der Waals surface area contributed by atoms with Crippen molar-refractivity contribution in [3.05, 3.63) is 23.3 Å². The molecule has 0 heteroatoms. The van der Waals surface area contributed by atoms with Gasteiger partial charge in [-0.25, -0.2) is 0 Å². The summed E-state index contributed by atoms with van der Waals surface area (Å²) in [4.78, 5) is 0. The molecule has 0 spiro atoms. The molecule has 0 amide bonds. The average Bonchev–Trinajstić information content (AvgIpc) is 1.87. The Morgan fingerprint density at radius 1 is 1.12 bits per heavy atom. The molecule has 0 nitrogen and oxygen atoms in total. The summed E-state index contributed by atoms with van der Waals surface area (Å²) in [5.41, 5.74) is 2.97. The molecule has 46 valence electrons. The zero-order chi connectivity index (χ0) is 5.28. The fraction of sp³-hybridized carbons (Fsp3) is 0.500. The third kappa shape index (κ3) is 1.53. The van der Waals surface area contributed by atoms with Crippen molar-refractivity contribution in [1.82, 2.24) is 0 Å². The van der Waals surface area contributed by atoms with Gasteiger partial charge >= 0.3 is 0 Å². The standard InChI is InChI=1S/C7H10.CH4/c1-6-3-4-7(2)5-6;/h3-4H,5H2,1-2H3;1H4. The van der Waals surface area contributed by atoms with Crippen molar-refractivity contribution < 1.29 is 0 Å². The maximum atomic E-state index is 2.18. The van der Waals surface area contributed by atoms with Crippen molar-refractivity contribution in [3.63, 3.8) is 0 Å². The Morgan fingerprint density at radius 3 is 1.62 bits per heavy atom. The lowest BCUT2D eigenvalue weighted by molar-refractivity contribution is 1.15. The van der Waals surface area contributed by atoms with Gasteiger partial charge in [-0.3, -0.25) is 0 Å². The highest BCUT2D eigenvalue weighted by atomic mass is 14.0. The molecule has 0 N–H and O–H groups in total. The highest BCUT2D eigenvalue weighted by molar-refractivity contribution is 5.27. The fourth-order valence-electron chi connectivity index (χ4n) is 0.842. The molecule has 0 heterocycles. The second kappa shape index (κ2) is 2.71. The van der Waals surface area contributed by atoms with Crippen LogP contribution in [0.25, 0.3) is 0 Å². The van der Waals surface area contributed by atoms with Crippen LogP contribution in [0.15, 0.2) is 23.3 Å². The van der Waals surface area contributed by atoms with E-state index < -0.39 is 0 Å². The molecule has 0 saturated carbocycles. The molecular formula is C8H14. The molecule has 0 bridgehead atoms. The van der Waals surface area contributed by atoms with E-state index in [-0.39, 0.29) is 7.43 Å². The summed E-state index contributed by atoms with van der Waals surface area (Å²) in [5, 5.41) is 0. The molecule has 0 atom stereocenters. The smallest absolute Gasteiger partial charge is 0.0108 e. The summed E-state index contributed by atoms with van der Waals surface area (Å²) in [6.07, 6.45) is 5.55. The largest absolute Gasteiger partial charge is 0.0776 e. The van der Waals surface area contributed by atoms with Gasteiger partial charge in [0.2, 0.25) is 0 Å². The topological polar surface area (TPSA) is 0 Å². The second-order valence-electron chi connectivity index (χ2n) is 2.20. The SMILES string of the molecule is C.CC1=CC=C(C)C1. The van der Waals surface area contributed by atoms with Crippen LogP contribution in [0.1, 0.15) is 27.7 Å². The van der Waals surface area contributed by atoms with Gasteiger partial charge in [0, 0.05) is 0 Å². The summed E-state index contributed by atoms with van der Waals surface area (Å²) in [6, 6.07) is 0. The summed E-state index contributed by atoms with van der Waals surface area (Å²) in [7, 11) is 0. The molecular weight excluding hydrogens is 96.1 g/mol. The molecule has 0 aromatic heterocycles. The highest BCUT2D eigenvalue weighted by Gasteiger charge is 1.95. The first kappa shape index (κ1) is 7.48. The molecule has 0 saturated heterocycles. The lowest BCUT2D eigenvalue weighted by Gasteiger charge is -1.87. The predicted molar refractivity (Wildman–Crippen MR) is 38.9 cm³/mol. The van der Waals surface area contributed by atoms with E-state index in [2.05, 4.69) is 26.0 Å². The predicted octanol–water partition coefficient (Wildman–Crippen LogP) is 2.92. The lowest BCUT2D eigenvalue weighted by Crippen LogP contribution is -1.67. The molecule has 1 rings (SSSR count). The van der Waals surface area contributed by atoms with Gasteiger partial charge in [-0.15, -0.1) is 0 Å². The average molecular weight is 110 g/mol. The summed E-state index contributed by atoms with van der Waals surface area (Å²) in [6.45, 7) is 4.32. The van der Waals surface area contributed by atoms with Crippen LogP contribution < -0.4 is 0 Å². The van der Waals surface area contributed by atoms with E-state index in [0.717, 1.165) is 0 Å². The van der Waals surface area contributed by atoms with Crippen LogP contribution >= 0.6 is 0 Å². The maximum absolute atomic E-state index is 2.18. The van der Waals surface area contributed by atoms with Crippen molar-refractivity contribution >= 4 is 0 Å². The van der Waals surface area contributed by atoms with E-state index in [1.807, 2.05) is 0 Å². The monoisotopic (exact) mass is 110 g/mol. The zero-order valence-corrected chi connectivity index (χ0v) is 4.86. The Bertz CT molecular complexity index is 111. The Kier molecular flexibility index (Phi) is 2.53. The molecule has 8 heavy (non-hydrogen) atoms. The van der Waals surface area contributed by atoms with Crippen LogP contribution in [-0.4, -0.2) is 0 Å². The number of hydrogen-bond acceptors (Lipinski definition) is 0. The fourth-order valence-corrected chi connectivity index (χ4v) is 0.842. The van der Waals surface area contributed by atoms with Gasteiger partial charge in [0.15, 0.2) is 0 Å². The second-order valence-corrected chi connectivity index (χ2v) is 2.20. The Labute approximate surface area is 51.9 Å².